The Morgan fingerprint density at radius 3 is 2.72 bits per heavy atom. The van der Waals surface area contributed by atoms with Gasteiger partial charge in [-0.3, -0.25) is 5.84 Å². The van der Waals surface area contributed by atoms with E-state index in [1.807, 2.05) is 0 Å². The maximum atomic E-state index is 14.1. The van der Waals surface area contributed by atoms with Crippen molar-refractivity contribution in [3.05, 3.63) is 44.3 Å². The molecule has 1 aromatic carbocycles. The minimum absolute atomic E-state index is 0.367. The summed E-state index contributed by atoms with van der Waals surface area (Å²) >= 11 is 6.43. The lowest BCUT2D eigenvalue weighted by Crippen LogP contribution is -2.31. The Morgan fingerprint density at radius 2 is 2.17 bits per heavy atom. The first-order valence-corrected chi connectivity index (χ1v) is 6.60. The third kappa shape index (κ3) is 2.33. The monoisotopic (exact) mass is 377 g/mol. The highest BCUT2D eigenvalue weighted by Gasteiger charge is 2.24. The zero-order valence-electron chi connectivity index (χ0n) is 9.36. The molecule has 5 nitrogen and oxygen atoms in total. The largest absolute Gasteiger partial charge is 0.271 e. The predicted molar refractivity (Wildman–Crippen MR) is 72.0 cm³/mol. The molecule has 2 rings (SSSR count). The summed E-state index contributed by atoms with van der Waals surface area (Å²) in [5.74, 6) is 5.16. The van der Waals surface area contributed by atoms with Crippen LogP contribution in [0.2, 0.25) is 0 Å². The molecule has 2 aromatic rings. The van der Waals surface area contributed by atoms with Gasteiger partial charge >= 0.3 is 0 Å². The van der Waals surface area contributed by atoms with Gasteiger partial charge < -0.3 is 0 Å². The number of nitrogens with one attached hydrogen (secondary N) is 1. The maximum absolute atomic E-state index is 14.1. The molecule has 0 aliphatic rings. The van der Waals surface area contributed by atoms with Crippen LogP contribution in [-0.4, -0.2) is 15.0 Å². The summed E-state index contributed by atoms with van der Waals surface area (Å²) in [5, 5.41) is 7.72. The highest BCUT2D eigenvalue weighted by atomic mass is 79.9. The Hall–Kier alpha value is -0.830. The molecule has 0 fully saturated rings. The molecule has 0 spiro atoms. The number of hydrogen-bond acceptors (Lipinski definition) is 4. The number of halogens is 3. The van der Waals surface area contributed by atoms with E-state index in [0.717, 1.165) is 0 Å². The van der Waals surface area contributed by atoms with Crippen molar-refractivity contribution in [2.24, 2.45) is 12.9 Å². The molecule has 18 heavy (non-hydrogen) atoms. The number of aromatic nitrogens is 3. The topological polar surface area (TPSA) is 68.8 Å². The van der Waals surface area contributed by atoms with Crippen LogP contribution in [-0.2, 0) is 7.05 Å². The second-order valence-electron chi connectivity index (χ2n) is 3.63. The molecular formula is C10H10Br2FN5. The van der Waals surface area contributed by atoms with Crippen molar-refractivity contribution >= 4 is 31.9 Å². The van der Waals surface area contributed by atoms with Crippen LogP contribution in [0.25, 0.3) is 0 Å². The normalized spacial score (nSPS) is 12.7. The molecule has 1 heterocycles. The summed E-state index contributed by atoms with van der Waals surface area (Å²) in [4.78, 5) is 0. The smallest absolute Gasteiger partial charge is 0.153 e. The van der Waals surface area contributed by atoms with Gasteiger partial charge in [0.1, 0.15) is 5.82 Å². The van der Waals surface area contributed by atoms with E-state index in [2.05, 4.69) is 47.6 Å². The van der Waals surface area contributed by atoms with Crippen molar-refractivity contribution in [1.29, 1.82) is 0 Å². The first-order chi connectivity index (χ1) is 8.56. The highest BCUT2D eigenvalue weighted by Crippen LogP contribution is 2.30. The zero-order valence-corrected chi connectivity index (χ0v) is 12.5. The molecule has 0 radical (unpaired) electrons. The number of benzene rings is 1. The molecule has 1 aromatic heterocycles. The Balaban J connectivity index is 2.56. The molecule has 0 bridgehead atoms. The molecule has 0 amide bonds. The minimum atomic E-state index is -0.545. The third-order valence-corrected chi connectivity index (χ3v) is 3.74. The van der Waals surface area contributed by atoms with E-state index >= 15 is 0 Å². The number of aryl methyl sites for hydroxylation is 1. The number of nitrogens with two attached hydrogens (primary N) is 1. The maximum Gasteiger partial charge on any atom is 0.153 e. The summed E-state index contributed by atoms with van der Waals surface area (Å²) in [6.07, 6.45) is 0. The fourth-order valence-corrected chi connectivity index (χ4v) is 2.64. The first kappa shape index (κ1) is 13.6. The van der Waals surface area contributed by atoms with Crippen molar-refractivity contribution in [3.63, 3.8) is 0 Å². The molecule has 3 N–H and O–H groups in total. The van der Waals surface area contributed by atoms with Crippen LogP contribution in [0.5, 0.6) is 0 Å². The van der Waals surface area contributed by atoms with E-state index in [1.54, 1.807) is 25.2 Å². The Morgan fingerprint density at radius 1 is 1.44 bits per heavy atom. The van der Waals surface area contributed by atoms with Crippen molar-refractivity contribution in [3.8, 4) is 0 Å². The number of rotatable bonds is 3. The van der Waals surface area contributed by atoms with Crippen LogP contribution in [0.15, 0.2) is 27.3 Å². The Bertz CT molecular complexity index is 552. The van der Waals surface area contributed by atoms with Gasteiger partial charge in [-0.2, -0.15) is 0 Å². The first-order valence-electron chi connectivity index (χ1n) is 5.01. The van der Waals surface area contributed by atoms with Crippen molar-refractivity contribution in [2.75, 3.05) is 0 Å². The van der Waals surface area contributed by atoms with E-state index < -0.39 is 6.04 Å². The van der Waals surface area contributed by atoms with Crippen molar-refractivity contribution in [2.45, 2.75) is 6.04 Å². The molecule has 0 saturated heterocycles. The number of nitrogens with zero attached hydrogens (tertiary/aromatic N) is 3. The van der Waals surface area contributed by atoms with Gasteiger partial charge in [-0.15, -0.1) is 5.10 Å². The van der Waals surface area contributed by atoms with Gasteiger partial charge in [0.05, 0.1) is 16.2 Å². The summed E-state index contributed by atoms with van der Waals surface area (Å²) < 4.78 is 16.5. The van der Waals surface area contributed by atoms with E-state index in [9.17, 15) is 4.39 Å². The predicted octanol–water partition coefficient (Wildman–Crippen LogP) is 2.03. The molecule has 0 aliphatic carbocycles. The highest BCUT2D eigenvalue weighted by molar-refractivity contribution is 9.10. The fourth-order valence-electron chi connectivity index (χ4n) is 1.70. The van der Waals surface area contributed by atoms with Crippen LogP contribution >= 0.6 is 31.9 Å². The molecule has 0 saturated carbocycles. The molecule has 1 atom stereocenters. The van der Waals surface area contributed by atoms with Gasteiger partial charge in [-0.05, 0) is 37.9 Å². The zero-order chi connectivity index (χ0) is 13.3. The lowest BCUT2D eigenvalue weighted by Gasteiger charge is -2.17. The van der Waals surface area contributed by atoms with Crippen LogP contribution in [0.4, 0.5) is 4.39 Å². The summed E-state index contributed by atoms with van der Waals surface area (Å²) in [5.41, 5.74) is 3.64. The number of hydrogen-bond donors (Lipinski definition) is 2. The second kappa shape index (κ2) is 5.43. The van der Waals surface area contributed by atoms with Gasteiger partial charge in [0.25, 0.3) is 0 Å². The van der Waals surface area contributed by atoms with E-state index in [0.29, 0.717) is 20.3 Å². The fraction of sp³-hybridized carbons (Fsp3) is 0.200. The quantitative estimate of drug-likeness (QED) is 0.633. The molecule has 1 unspecified atom stereocenters. The standard InChI is InChI=1S/C10H10Br2FN5/c1-18-9(10(12)16-17-18)8(15-14)5-3-2-4-6(11)7(5)13/h2-4,8,15H,14H2,1H3. The second-order valence-corrected chi connectivity index (χ2v) is 5.24. The van der Waals surface area contributed by atoms with Crippen LogP contribution in [0.1, 0.15) is 17.3 Å². The van der Waals surface area contributed by atoms with Crippen LogP contribution in [0, 0.1) is 5.82 Å². The summed E-state index contributed by atoms with van der Waals surface area (Å²) in [7, 11) is 1.72. The van der Waals surface area contributed by atoms with E-state index in [4.69, 9.17) is 5.84 Å². The molecular weight excluding hydrogens is 369 g/mol. The lowest BCUT2D eigenvalue weighted by atomic mass is 10.0. The SMILES string of the molecule is Cn1nnc(Br)c1C(NN)c1cccc(Br)c1F. The molecule has 8 heteroatoms. The Kier molecular flexibility index (Phi) is 4.10. The van der Waals surface area contributed by atoms with Gasteiger partial charge in [0, 0.05) is 12.6 Å². The van der Waals surface area contributed by atoms with E-state index in [-0.39, 0.29) is 5.82 Å². The van der Waals surface area contributed by atoms with Gasteiger partial charge in [-0.1, -0.05) is 17.3 Å². The molecule has 0 aliphatic heterocycles. The minimum Gasteiger partial charge on any atom is -0.271 e. The number of hydrazine groups is 1. The van der Waals surface area contributed by atoms with Crippen LogP contribution in [0.3, 0.4) is 0 Å². The molecule has 96 valence electrons. The van der Waals surface area contributed by atoms with Gasteiger partial charge in [0.15, 0.2) is 4.60 Å². The summed E-state index contributed by atoms with van der Waals surface area (Å²) in [6.45, 7) is 0. The van der Waals surface area contributed by atoms with Gasteiger partial charge in [0.2, 0.25) is 0 Å². The lowest BCUT2D eigenvalue weighted by molar-refractivity contribution is 0.527. The van der Waals surface area contributed by atoms with Crippen molar-refractivity contribution in [1.82, 2.24) is 20.4 Å². The third-order valence-electron chi connectivity index (χ3n) is 2.56. The van der Waals surface area contributed by atoms with Gasteiger partial charge in [-0.25, -0.2) is 14.5 Å². The van der Waals surface area contributed by atoms with Crippen molar-refractivity contribution < 1.29 is 4.39 Å². The average molecular weight is 379 g/mol. The van der Waals surface area contributed by atoms with Crippen LogP contribution < -0.4 is 11.3 Å². The van der Waals surface area contributed by atoms with E-state index in [1.165, 1.54) is 4.68 Å². The Labute approximate surface area is 120 Å². The average Bonchev–Trinajstić information content (AvgIpc) is 2.67. The summed E-state index contributed by atoms with van der Waals surface area (Å²) in [6, 6.07) is 4.48.